The van der Waals surface area contributed by atoms with Gasteiger partial charge in [-0.3, -0.25) is 4.79 Å². The van der Waals surface area contributed by atoms with Gasteiger partial charge < -0.3 is 10.6 Å². The first-order valence-electron chi connectivity index (χ1n) is 9.10. The molecular formula is C17H25N5OS2. The lowest BCUT2D eigenvalue weighted by Gasteiger charge is -2.06. The molecule has 1 aliphatic carbocycles. The highest BCUT2D eigenvalue weighted by Gasteiger charge is 2.14. The lowest BCUT2D eigenvalue weighted by Crippen LogP contribution is -2.21. The molecule has 2 heterocycles. The molecule has 1 amide bonds. The van der Waals surface area contributed by atoms with Crippen LogP contribution in [0.3, 0.4) is 0 Å². The number of hydrogen-bond donors (Lipinski definition) is 2. The van der Waals surface area contributed by atoms with E-state index in [4.69, 9.17) is 4.98 Å². The number of aryl methyl sites for hydroxylation is 2. The highest BCUT2D eigenvalue weighted by molar-refractivity contribution is 7.15. The summed E-state index contributed by atoms with van der Waals surface area (Å²) in [5.74, 6) is -0.0973. The number of fused-ring (bicyclic) bond motifs is 1. The number of hydrogen-bond acceptors (Lipinski definition) is 7. The Bertz CT molecular complexity index is 627. The molecule has 0 spiro atoms. The number of amides is 1. The first-order chi connectivity index (χ1) is 12.3. The van der Waals surface area contributed by atoms with Crippen LogP contribution in [0.5, 0.6) is 0 Å². The molecule has 0 aromatic carbocycles. The average molecular weight is 380 g/mol. The van der Waals surface area contributed by atoms with Crippen molar-refractivity contribution < 1.29 is 4.79 Å². The fourth-order valence-electron chi connectivity index (χ4n) is 3.04. The Labute approximate surface area is 156 Å². The summed E-state index contributed by atoms with van der Waals surface area (Å²) < 4.78 is 0. The van der Waals surface area contributed by atoms with E-state index in [2.05, 4.69) is 20.8 Å². The summed E-state index contributed by atoms with van der Waals surface area (Å²) in [4.78, 5) is 18.2. The molecule has 2 aromatic heterocycles. The monoisotopic (exact) mass is 379 g/mol. The molecule has 2 N–H and O–H groups in total. The van der Waals surface area contributed by atoms with E-state index in [0.29, 0.717) is 5.13 Å². The van der Waals surface area contributed by atoms with Gasteiger partial charge in [0.05, 0.1) is 12.2 Å². The number of nitrogens with one attached hydrogen (secondary N) is 2. The SMILES string of the molecule is O=C(CNc1nncs1)Nc1nc2c(s1)CCCCCCCCCC2. The molecule has 0 fully saturated rings. The van der Waals surface area contributed by atoms with Gasteiger partial charge in [0.15, 0.2) is 5.13 Å². The lowest BCUT2D eigenvalue weighted by atomic mass is 10.0. The number of carbonyl (C=O) groups is 1. The van der Waals surface area contributed by atoms with E-state index in [9.17, 15) is 4.79 Å². The highest BCUT2D eigenvalue weighted by atomic mass is 32.1. The Hall–Kier alpha value is -1.54. The third kappa shape index (κ3) is 6.04. The summed E-state index contributed by atoms with van der Waals surface area (Å²) in [6.45, 7) is 0.180. The van der Waals surface area contributed by atoms with E-state index in [1.165, 1.54) is 73.3 Å². The summed E-state index contributed by atoms with van der Waals surface area (Å²) in [5.41, 5.74) is 2.83. The minimum atomic E-state index is -0.0973. The van der Waals surface area contributed by atoms with Crippen molar-refractivity contribution >= 4 is 38.8 Å². The van der Waals surface area contributed by atoms with Gasteiger partial charge in [0.1, 0.15) is 5.51 Å². The Morgan fingerprint density at radius 3 is 2.44 bits per heavy atom. The van der Waals surface area contributed by atoms with Gasteiger partial charge in [0.2, 0.25) is 11.0 Å². The van der Waals surface area contributed by atoms with E-state index in [1.807, 2.05) is 0 Å². The number of nitrogens with zero attached hydrogens (tertiary/aromatic N) is 3. The van der Waals surface area contributed by atoms with Crippen LogP contribution in [-0.4, -0.2) is 27.6 Å². The van der Waals surface area contributed by atoms with Crippen LogP contribution in [0.1, 0.15) is 61.9 Å². The first-order valence-corrected chi connectivity index (χ1v) is 10.8. The Morgan fingerprint density at radius 1 is 1.00 bits per heavy atom. The first kappa shape index (κ1) is 18.3. The number of anilines is 2. The van der Waals surface area contributed by atoms with Crippen LogP contribution in [0.4, 0.5) is 10.3 Å². The van der Waals surface area contributed by atoms with Crippen LogP contribution in [0.25, 0.3) is 0 Å². The van der Waals surface area contributed by atoms with Crippen molar-refractivity contribution in [2.45, 2.75) is 64.2 Å². The van der Waals surface area contributed by atoms with Crippen molar-refractivity contribution in [1.82, 2.24) is 15.2 Å². The second-order valence-electron chi connectivity index (χ2n) is 6.36. The van der Waals surface area contributed by atoms with E-state index >= 15 is 0 Å². The predicted molar refractivity (Wildman–Crippen MR) is 103 cm³/mol. The molecule has 0 atom stereocenters. The summed E-state index contributed by atoms with van der Waals surface area (Å²) in [6, 6.07) is 0. The lowest BCUT2D eigenvalue weighted by molar-refractivity contribution is -0.114. The van der Waals surface area contributed by atoms with Crippen molar-refractivity contribution in [3.8, 4) is 0 Å². The zero-order chi connectivity index (χ0) is 17.3. The predicted octanol–water partition coefficient (Wildman–Crippen LogP) is 4.26. The summed E-state index contributed by atoms with van der Waals surface area (Å²) in [5, 5.41) is 14.9. The molecule has 0 aliphatic heterocycles. The minimum absolute atomic E-state index is 0.0973. The van der Waals surface area contributed by atoms with Crippen LogP contribution >= 0.6 is 22.7 Å². The normalized spacial score (nSPS) is 16.3. The quantitative estimate of drug-likeness (QED) is 0.829. The Balaban J connectivity index is 1.56. The zero-order valence-corrected chi connectivity index (χ0v) is 16.1. The van der Waals surface area contributed by atoms with Gasteiger partial charge >= 0.3 is 0 Å². The van der Waals surface area contributed by atoms with Gasteiger partial charge in [-0.25, -0.2) is 4.98 Å². The minimum Gasteiger partial charge on any atom is -0.351 e. The standard InChI is InChI=1S/C17H25N5OS2/c23-15(11-18-16-22-19-12-24-16)21-17-20-13-9-7-5-3-1-2-4-6-8-10-14(13)25-17/h12H,1-11H2,(H,18,22)(H,20,21,23). The van der Waals surface area contributed by atoms with E-state index in [1.54, 1.807) is 16.8 Å². The molecule has 8 heteroatoms. The average Bonchev–Trinajstić information content (AvgIpc) is 3.23. The van der Waals surface area contributed by atoms with Crippen LogP contribution in [0, 0.1) is 0 Å². The number of rotatable bonds is 4. The van der Waals surface area contributed by atoms with Crippen LogP contribution in [0.15, 0.2) is 5.51 Å². The van der Waals surface area contributed by atoms with Crippen LogP contribution in [0.2, 0.25) is 0 Å². The second kappa shape index (κ2) is 9.82. The molecule has 3 rings (SSSR count). The number of thiazole rings is 1. The van der Waals surface area contributed by atoms with Gasteiger partial charge in [-0.2, -0.15) is 0 Å². The fraction of sp³-hybridized carbons (Fsp3) is 0.647. The van der Waals surface area contributed by atoms with E-state index < -0.39 is 0 Å². The molecular weight excluding hydrogens is 354 g/mol. The van der Waals surface area contributed by atoms with Crippen molar-refractivity contribution in [2.24, 2.45) is 0 Å². The van der Waals surface area contributed by atoms with Gasteiger partial charge in [0, 0.05) is 4.88 Å². The maximum atomic E-state index is 12.1. The van der Waals surface area contributed by atoms with E-state index in [-0.39, 0.29) is 12.5 Å². The van der Waals surface area contributed by atoms with Crippen molar-refractivity contribution in [2.75, 3.05) is 17.2 Å². The van der Waals surface area contributed by atoms with Crippen molar-refractivity contribution in [1.29, 1.82) is 0 Å². The van der Waals surface area contributed by atoms with Gasteiger partial charge in [-0.15, -0.1) is 21.5 Å². The summed E-state index contributed by atoms with van der Waals surface area (Å²) in [7, 11) is 0. The maximum absolute atomic E-state index is 12.1. The second-order valence-corrected chi connectivity index (χ2v) is 8.28. The van der Waals surface area contributed by atoms with Crippen molar-refractivity contribution in [3.63, 3.8) is 0 Å². The highest BCUT2D eigenvalue weighted by Crippen LogP contribution is 2.27. The van der Waals surface area contributed by atoms with Crippen LogP contribution < -0.4 is 10.6 Å². The molecule has 6 nitrogen and oxygen atoms in total. The number of carbonyl (C=O) groups excluding carboxylic acids is 1. The maximum Gasteiger partial charge on any atom is 0.245 e. The molecule has 1 aliphatic rings. The Kier molecular flexibility index (Phi) is 7.17. The molecule has 0 unspecified atom stereocenters. The number of aromatic nitrogens is 3. The fourth-order valence-corrected chi connectivity index (χ4v) is 4.55. The summed E-state index contributed by atoms with van der Waals surface area (Å²) >= 11 is 3.02. The van der Waals surface area contributed by atoms with Gasteiger partial charge in [-0.1, -0.05) is 49.9 Å². The molecule has 25 heavy (non-hydrogen) atoms. The molecule has 0 saturated heterocycles. The Morgan fingerprint density at radius 2 is 1.72 bits per heavy atom. The molecule has 0 saturated carbocycles. The molecule has 0 bridgehead atoms. The molecule has 0 radical (unpaired) electrons. The third-order valence-corrected chi connectivity index (χ3v) is 6.07. The largest absolute Gasteiger partial charge is 0.351 e. The smallest absolute Gasteiger partial charge is 0.245 e. The zero-order valence-electron chi connectivity index (χ0n) is 14.4. The third-order valence-electron chi connectivity index (χ3n) is 4.35. The van der Waals surface area contributed by atoms with Crippen molar-refractivity contribution in [3.05, 3.63) is 16.1 Å². The molecule has 136 valence electrons. The van der Waals surface area contributed by atoms with Gasteiger partial charge in [-0.05, 0) is 25.7 Å². The van der Waals surface area contributed by atoms with E-state index in [0.717, 1.165) is 18.0 Å². The topological polar surface area (TPSA) is 79.8 Å². The van der Waals surface area contributed by atoms with Crippen LogP contribution in [-0.2, 0) is 17.6 Å². The summed E-state index contributed by atoms with van der Waals surface area (Å²) in [6.07, 6.45) is 12.5. The van der Waals surface area contributed by atoms with Gasteiger partial charge in [0.25, 0.3) is 0 Å². The molecule has 2 aromatic rings.